The zero-order valence-corrected chi connectivity index (χ0v) is 12.6. The number of nitrogen functional groups attached to an aromatic ring is 1. The summed E-state index contributed by atoms with van der Waals surface area (Å²) in [6.45, 7) is 4.83. The molecule has 0 atom stereocenters. The number of anilines is 2. The van der Waals surface area contributed by atoms with Crippen molar-refractivity contribution in [1.82, 2.24) is 9.97 Å². The van der Waals surface area contributed by atoms with Gasteiger partial charge in [0.2, 0.25) is 5.88 Å². The van der Waals surface area contributed by atoms with Crippen LogP contribution in [0.5, 0.6) is 5.88 Å². The normalized spacial score (nSPS) is 15.5. The Morgan fingerprint density at radius 1 is 1.20 bits per heavy atom. The van der Waals surface area contributed by atoms with E-state index in [0.29, 0.717) is 24.2 Å². The molecule has 2 rings (SSSR count). The number of rotatable bonds is 7. The van der Waals surface area contributed by atoms with Crippen molar-refractivity contribution in [3.8, 4) is 5.88 Å². The van der Waals surface area contributed by atoms with Gasteiger partial charge in [0.25, 0.3) is 0 Å². The number of nitrogens with one attached hydrogen (secondary N) is 1. The Balaban J connectivity index is 2.19. The fourth-order valence-electron chi connectivity index (χ4n) is 2.51. The molecule has 0 unspecified atom stereocenters. The van der Waals surface area contributed by atoms with Crippen LogP contribution in [-0.2, 0) is 6.42 Å². The Morgan fingerprint density at radius 3 is 2.60 bits per heavy atom. The fraction of sp³-hybridized carbons (Fsp3) is 0.733. The second-order valence-electron chi connectivity index (χ2n) is 5.43. The third kappa shape index (κ3) is 3.74. The molecular weight excluding hydrogens is 252 g/mol. The summed E-state index contributed by atoms with van der Waals surface area (Å²) < 4.78 is 5.66. The van der Waals surface area contributed by atoms with Gasteiger partial charge in [0.15, 0.2) is 5.82 Å². The molecule has 0 bridgehead atoms. The lowest BCUT2D eigenvalue weighted by Crippen LogP contribution is -2.18. The molecule has 5 heteroatoms. The predicted octanol–water partition coefficient (Wildman–Crippen LogP) is 3.15. The summed E-state index contributed by atoms with van der Waals surface area (Å²) in [7, 11) is 0. The molecule has 1 fully saturated rings. The van der Waals surface area contributed by atoms with Crippen LogP contribution in [0, 0.1) is 0 Å². The molecule has 20 heavy (non-hydrogen) atoms. The molecule has 1 aromatic heterocycles. The second-order valence-corrected chi connectivity index (χ2v) is 5.43. The first-order valence-electron chi connectivity index (χ1n) is 7.80. The monoisotopic (exact) mass is 278 g/mol. The third-order valence-electron chi connectivity index (χ3n) is 3.57. The highest BCUT2D eigenvalue weighted by molar-refractivity contribution is 5.67. The standard InChI is InChI=1S/C15H26N4O/c1-3-7-12-18-14(17-11-8-5-6-9-11)13(16)15(19-12)20-10-4-2/h11H,3-10,16H2,1-2H3,(H,17,18,19). The lowest BCUT2D eigenvalue weighted by Gasteiger charge is -2.17. The highest BCUT2D eigenvalue weighted by Crippen LogP contribution is 2.30. The van der Waals surface area contributed by atoms with Crippen LogP contribution < -0.4 is 15.8 Å². The van der Waals surface area contributed by atoms with E-state index in [0.717, 1.165) is 30.9 Å². The SMILES string of the molecule is CCCOc1nc(CCC)nc(NC2CCCC2)c1N. The maximum absolute atomic E-state index is 6.15. The van der Waals surface area contributed by atoms with Crippen molar-refractivity contribution in [2.45, 2.75) is 64.8 Å². The quantitative estimate of drug-likeness (QED) is 0.801. The molecule has 1 aliphatic rings. The fourth-order valence-corrected chi connectivity index (χ4v) is 2.51. The van der Waals surface area contributed by atoms with Crippen LogP contribution in [-0.4, -0.2) is 22.6 Å². The van der Waals surface area contributed by atoms with Crippen LogP contribution in [0.25, 0.3) is 0 Å². The molecule has 0 saturated heterocycles. The summed E-state index contributed by atoms with van der Waals surface area (Å²) in [5, 5.41) is 3.47. The Morgan fingerprint density at radius 2 is 1.95 bits per heavy atom. The van der Waals surface area contributed by atoms with Gasteiger partial charge in [-0.3, -0.25) is 0 Å². The van der Waals surface area contributed by atoms with E-state index in [2.05, 4.69) is 29.1 Å². The lowest BCUT2D eigenvalue weighted by atomic mass is 10.2. The first kappa shape index (κ1) is 14.9. The number of nitrogens with two attached hydrogens (primary N) is 1. The second kappa shape index (κ2) is 7.31. The van der Waals surface area contributed by atoms with Gasteiger partial charge >= 0.3 is 0 Å². The molecule has 0 aromatic carbocycles. The van der Waals surface area contributed by atoms with Crippen LogP contribution in [0.2, 0.25) is 0 Å². The summed E-state index contributed by atoms with van der Waals surface area (Å²) in [6, 6.07) is 0.487. The van der Waals surface area contributed by atoms with Gasteiger partial charge in [-0.05, 0) is 25.7 Å². The molecule has 1 saturated carbocycles. The van der Waals surface area contributed by atoms with Crippen LogP contribution in [0.1, 0.15) is 58.2 Å². The van der Waals surface area contributed by atoms with E-state index in [4.69, 9.17) is 10.5 Å². The van der Waals surface area contributed by atoms with Gasteiger partial charge in [-0.25, -0.2) is 4.98 Å². The Bertz CT molecular complexity index is 430. The molecule has 112 valence electrons. The molecule has 1 heterocycles. The van der Waals surface area contributed by atoms with Crippen molar-refractivity contribution in [2.75, 3.05) is 17.7 Å². The predicted molar refractivity (Wildman–Crippen MR) is 82.1 cm³/mol. The first-order chi connectivity index (χ1) is 9.74. The summed E-state index contributed by atoms with van der Waals surface area (Å²) in [4.78, 5) is 9.00. The van der Waals surface area contributed by atoms with Crippen LogP contribution in [0.4, 0.5) is 11.5 Å². The van der Waals surface area contributed by atoms with E-state index in [-0.39, 0.29) is 0 Å². The first-order valence-corrected chi connectivity index (χ1v) is 7.80. The highest BCUT2D eigenvalue weighted by atomic mass is 16.5. The average molecular weight is 278 g/mol. The minimum atomic E-state index is 0.487. The molecular formula is C15H26N4O. The van der Waals surface area contributed by atoms with Gasteiger partial charge in [-0.2, -0.15) is 4.98 Å². The molecule has 0 radical (unpaired) electrons. The van der Waals surface area contributed by atoms with E-state index in [1.54, 1.807) is 0 Å². The molecule has 3 N–H and O–H groups in total. The Labute approximate surface area is 121 Å². The largest absolute Gasteiger partial charge is 0.476 e. The summed E-state index contributed by atoms with van der Waals surface area (Å²) in [5.41, 5.74) is 6.70. The summed E-state index contributed by atoms with van der Waals surface area (Å²) >= 11 is 0. The third-order valence-corrected chi connectivity index (χ3v) is 3.57. The van der Waals surface area contributed by atoms with E-state index in [1.807, 2.05) is 0 Å². The average Bonchev–Trinajstić information content (AvgIpc) is 2.94. The maximum atomic E-state index is 6.15. The number of hydrogen-bond acceptors (Lipinski definition) is 5. The molecule has 0 spiro atoms. The van der Waals surface area contributed by atoms with Crippen molar-refractivity contribution < 1.29 is 4.74 Å². The lowest BCUT2D eigenvalue weighted by molar-refractivity contribution is 0.305. The van der Waals surface area contributed by atoms with Gasteiger partial charge in [0.05, 0.1) is 6.61 Å². The number of aromatic nitrogens is 2. The van der Waals surface area contributed by atoms with Crippen molar-refractivity contribution in [3.05, 3.63) is 5.82 Å². The van der Waals surface area contributed by atoms with E-state index in [1.165, 1.54) is 25.7 Å². The molecule has 0 amide bonds. The highest BCUT2D eigenvalue weighted by Gasteiger charge is 2.19. The zero-order chi connectivity index (χ0) is 14.4. The van der Waals surface area contributed by atoms with Gasteiger partial charge in [-0.15, -0.1) is 0 Å². The van der Waals surface area contributed by atoms with Crippen molar-refractivity contribution in [3.63, 3.8) is 0 Å². The van der Waals surface area contributed by atoms with Crippen LogP contribution >= 0.6 is 0 Å². The summed E-state index contributed by atoms with van der Waals surface area (Å²) in [5.74, 6) is 2.10. The van der Waals surface area contributed by atoms with Crippen molar-refractivity contribution in [2.24, 2.45) is 0 Å². The van der Waals surface area contributed by atoms with E-state index >= 15 is 0 Å². The van der Waals surface area contributed by atoms with Gasteiger partial charge in [0, 0.05) is 12.5 Å². The molecule has 0 aliphatic heterocycles. The number of ether oxygens (including phenoxy) is 1. The van der Waals surface area contributed by atoms with Crippen LogP contribution in [0.3, 0.4) is 0 Å². The van der Waals surface area contributed by atoms with Crippen molar-refractivity contribution >= 4 is 11.5 Å². The minimum Gasteiger partial charge on any atom is -0.476 e. The minimum absolute atomic E-state index is 0.487. The van der Waals surface area contributed by atoms with E-state index in [9.17, 15) is 0 Å². The summed E-state index contributed by atoms with van der Waals surface area (Å²) in [6.07, 6.45) is 7.75. The Kier molecular flexibility index (Phi) is 5.44. The topological polar surface area (TPSA) is 73.1 Å². The van der Waals surface area contributed by atoms with E-state index < -0.39 is 0 Å². The van der Waals surface area contributed by atoms with Gasteiger partial charge < -0.3 is 15.8 Å². The number of aryl methyl sites for hydroxylation is 1. The maximum Gasteiger partial charge on any atom is 0.242 e. The molecule has 1 aliphatic carbocycles. The van der Waals surface area contributed by atoms with Crippen LogP contribution in [0.15, 0.2) is 0 Å². The van der Waals surface area contributed by atoms with Crippen molar-refractivity contribution in [1.29, 1.82) is 0 Å². The molecule has 1 aromatic rings. The smallest absolute Gasteiger partial charge is 0.242 e. The van der Waals surface area contributed by atoms with Gasteiger partial charge in [-0.1, -0.05) is 26.7 Å². The number of hydrogen-bond donors (Lipinski definition) is 2. The zero-order valence-electron chi connectivity index (χ0n) is 12.6. The van der Waals surface area contributed by atoms with Gasteiger partial charge in [0.1, 0.15) is 11.5 Å². The number of nitrogens with zero attached hydrogens (tertiary/aromatic N) is 2. The Hall–Kier alpha value is -1.52. The molecule has 5 nitrogen and oxygen atoms in total.